The molecule has 2 atom stereocenters. The van der Waals surface area contributed by atoms with E-state index in [0.717, 1.165) is 11.3 Å². The number of benzene rings is 1. The molecule has 1 aliphatic rings. The predicted octanol–water partition coefficient (Wildman–Crippen LogP) is 0.645. The Kier molecular flexibility index (Phi) is 4.99. The Labute approximate surface area is 121 Å². The van der Waals surface area contributed by atoms with Crippen molar-refractivity contribution in [1.29, 1.82) is 0 Å². The number of para-hydroxylation sites is 1. The second-order valence-corrected chi connectivity index (χ2v) is 4.77. The number of hydrogen-bond acceptors (Lipinski definition) is 4. The van der Waals surface area contributed by atoms with Gasteiger partial charge in [0, 0.05) is 24.9 Å². The average Bonchev–Trinajstić information content (AvgIpc) is 2.47. The fraction of sp³-hybridized carbons (Fsp3) is 0.429. The summed E-state index contributed by atoms with van der Waals surface area (Å²) in [5.74, 6) is -0.536. The molecule has 2 unspecified atom stereocenters. The van der Waals surface area contributed by atoms with Crippen LogP contribution in [0.5, 0.6) is 5.75 Å². The van der Waals surface area contributed by atoms with Crippen molar-refractivity contribution >= 4 is 12.0 Å². The fourth-order valence-corrected chi connectivity index (χ4v) is 2.15. The number of ether oxygens (including phenoxy) is 1. The van der Waals surface area contributed by atoms with Gasteiger partial charge < -0.3 is 25.6 Å². The van der Waals surface area contributed by atoms with E-state index in [9.17, 15) is 9.59 Å². The van der Waals surface area contributed by atoms with E-state index in [0.29, 0.717) is 13.0 Å². The van der Waals surface area contributed by atoms with Gasteiger partial charge in [-0.15, -0.1) is 0 Å². The van der Waals surface area contributed by atoms with Gasteiger partial charge in [-0.25, -0.2) is 9.59 Å². The van der Waals surface area contributed by atoms with E-state index in [2.05, 4.69) is 10.6 Å². The van der Waals surface area contributed by atoms with Crippen molar-refractivity contribution in [2.75, 3.05) is 13.2 Å². The lowest BCUT2D eigenvalue weighted by Gasteiger charge is -2.26. The number of carbonyl (C=O) groups excluding carboxylic acids is 1. The van der Waals surface area contributed by atoms with E-state index in [1.54, 1.807) is 0 Å². The molecule has 0 saturated heterocycles. The minimum Gasteiger partial charge on any atom is -0.493 e. The molecule has 4 N–H and O–H groups in total. The molecule has 0 radical (unpaired) electrons. The van der Waals surface area contributed by atoms with Crippen LogP contribution < -0.4 is 15.4 Å². The SMILES string of the molecule is O=C(NCCC(O)C(=O)O)NC1CCOc2ccccc21. The fourth-order valence-electron chi connectivity index (χ4n) is 2.15. The third kappa shape index (κ3) is 4.09. The van der Waals surface area contributed by atoms with Crippen LogP contribution in [0.1, 0.15) is 24.4 Å². The van der Waals surface area contributed by atoms with Crippen LogP contribution in [0.25, 0.3) is 0 Å². The van der Waals surface area contributed by atoms with Crippen LogP contribution in [0.3, 0.4) is 0 Å². The van der Waals surface area contributed by atoms with Crippen LogP contribution >= 0.6 is 0 Å². The van der Waals surface area contributed by atoms with Gasteiger partial charge in [-0.05, 0) is 6.07 Å². The lowest BCUT2D eigenvalue weighted by Crippen LogP contribution is -2.41. The van der Waals surface area contributed by atoms with E-state index in [1.165, 1.54) is 0 Å². The lowest BCUT2D eigenvalue weighted by atomic mass is 10.0. The molecule has 0 spiro atoms. The van der Waals surface area contributed by atoms with Crippen LogP contribution in [-0.2, 0) is 4.79 Å². The quantitative estimate of drug-likeness (QED) is 0.637. The third-order valence-corrected chi connectivity index (χ3v) is 3.25. The highest BCUT2D eigenvalue weighted by Crippen LogP contribution is 2.31. The molecule has 0 aromatic heterocycles. The first-order chi connectivity index (χ1) is 10.1. The molecule has 0 saturated carbocycles. The number of fused-ring (bicyclic) bond motifs is 1. The molecule has 2 amide bonds. The van der Waals surface area contributed by atoms with Gasteiger partial charge in [0.05, 0.1) is 12.6 Å². The number of aliphatic carboxylic acids is 1. The molecule has 1 aromatic rings. The topological polar surface area (TPSA) is 108 Å². The number of carboxylic acid groups (broad SMARTS) is 1. The van der Waals surface area contributed by atoms with Crippen molar-refractivity contribution in [2.24, 2.45) is 0 Å². The maximum atomic E-state index is 11.8. The normalized spacial score (nSPS) is 18.0. The number of urea groups is 1. The summed E-state index contributed by atoms with van der Waals surface area (Å²) in [6.07, 6.45) is -0.830. The summed E-state index contributed by atoms with van der Waals surface area (Å²) in [6, 6.07) is 6.96. The Morgan fingerprint density at radius 1 is 1.38 bits per heavy atom. The first-order valence-electron chi connectivity index (χ1n) is 6.75. The summed E-state index contributed by atoms with van der Waals surface area (Å²) in [5.41, 5.74) is 0.921. The summed E-state index contributed by atoms with van der Waals surface area (Å²) in [7, 11) is 0. The number of carboxylic acids is 1. The molecule has 114 valence electrons. The zero-order valence-electron chi connectivity index (χ0n) is 11.4. The number of hydrogen-bond donors (Lipinski definition) is 4. The number of rotatable bonds is 5. The summed E-state index contributed by atoms with van der Waals surface area (Å²) < 4.78 is 5.50. The maximum Gasteiger partial charge on any atom is 0.332 e. The summed E-state index contributed by atoms with van der Waals surface area (Å²) in [5, 5.41) is 23.0. The number of nitrogens with one attached hydrogen (secondary N) is 2. The van der Waals surface area contributed by atoms with Crippen LogP contribution in [0, 0.1) is 0 Å². The van der Waals surface area contributed by atoms with E-state index in [4.69, 9.17) is 14.9 Å². The van der Waals surface area contributed by atoms with Crippen molar-refractivity contribution in [3.05, 3.63) is 29.8 Å². The first-order valence-corrected chi connectivity index (χ1v) is 6.75. The average molecular weight is 294 g/mol. The second-order valence-electron chi connectivity index (χ2n) is 4.77. The number of aliphatic hydroxyl groups excluding tert-OH is 1. The Hall–Kier alpha value is -2.28. The molecule has 1 heterocycles. The molecule has 0 aliphatic carbocycles. The summed E-state index contributed by atoms with van der Waals surface area (Å²) in [4.78, 5) is 22.2. The molecule has 0 bridgehead atoms. The van der Waals surface area contributed by atoms with Gasteiger partial charge in [0.2, 0.25) is 0 Å². The molecule has 7 heteroatoms. The highest BCUT2D eigenvalue weighted by atomic mass is 16.5. The molecule has 1 aromatic carbocycles. The van der Waals surface area contributed by atoms with Crippen molar-refractivity contribution in [3.8, 4) is 5.75 Å². The van der Waals surface area contributed by atoms with Gasteiger partial charge in [-0.2, -0.15) is 0 Å². The Morgan fingerprint density at radius 2 is 2.14 bits per heavy atom. The lowest BCUT2D eigenvalue weighted by molar-refractivity contribution is -0.146. The molecule has 2 rings (SSSR count). The zero-order valence-corrected chi connectivity index (χ0v) is 11.4. The number of carbonyl (C=O) groups is 2. The smallest absolute Gasteiger partial charge is 0.332 e. The van der Waals surface area contributed by atoms with Crippen LogP contribution in [0.4, 0.5) is 4.79 Å². The summed E-state index contributed by atoms with van der Waals surface area (Å²) >= 11 is 0. The van der Waals surface area contributed by atoms with Crippen molar-refractivity contribution in [3.63, 3.8) is 0 Å². The van der Waals surface area contributed by atoms with Crippen LogP contribution in [0.2, 0.25) is 0 Å². The van der Waals surface area contributed by atoms with Crippen LogP contribution in [0.15, 0.2) is 24.3 Å². The Balaban J connectivity index is 1.82. The largest absolute Gasteiger partial charge is 0.493 e. The standard InChI is InChI=1S/C14H18N2O5/c17-11(13(18)19)5-7-15-14(20)16-10-6-8-21-12-4-2-1-3-9(10)12/h1-4,10-11,17H,5-8H2,(H,18,19)(H2,15,16,20). The Bertz CT molecular complexity index is 520. The van der Waals surface area contributed by atoms with Crippen molar-refractivity contribution in [1.82, 2.24) is 10.6 Å². The van der Waals surface area contributed by atoms with Gasteiger partial charge >= 0.3 is 12.0 Å². The van der Waals surface area contributed by atoms with Gasteiger partial charge in [0.1, 0.15) is 5.75 Å². The van der Waals surface area contributed by atoms with Gasteiger partial charge in [0.25, 0.3) is 0 Å². The van der Waals surface area contributed by atoms with E-state index >= 15 is 0 Å². The van der Waals surface area contributed by atoms with Crippen LogP contribution in [-0.4, -0.2) is 41.5 Å². The second kappa shape index (κ2) is 6.94. The maximum absolute atomic E-state index is 11.8. The van der Waals surface area contributed by atoms with E-state index in [-0.39, 0.29) is 19.0 Å². The molecule has 0 fully saturated rings. The Morgan fingerprint density at radius 3 is 2.90 bits per heavy atom. The summed E-state index contributed by atoms with van der Waals surface area (Å²) in [6.45, 7) is 0.615. The van der Waals surface area contributed by atoms with Crippen molar-refractivity contribution < 1.29 is 24.5 Å². The monoisotopic (exact) mass is 294 g/mol. The third-order valence-electron chi connectivity index (χ3n) is 3.25. The number of aliphatic hydroxyl groups is 1. The minimum absolute atomic E-state index is 0.0346. The van der Waals surface area contributed by atoms with E-state index < -0.39 is 18.1 Å². The van der Waals surface area contributed by atoms with Gasteiger partial charge in [-0.3, -0.25) is 0 Å². The number of amides is 2. The highest BCUT2D eigenvalue weighted by Gasteiger charge is 2.22. The van der Waals surface area contributed by atoms with E-state index in [1.807, 2.05) is 24.3 Å². The molecule has 1 aliphatic heterocycles. The van der Waals surface area contributed by atoms with Gasteiger partial charge in [0.15, 0.2) is 6.10 Å². The minimum atomic E-state index is -1.46. The highest BCUT2D eigenvalue weighted by molar-refractivity contribution is 5.75. The molecule has 7 nitrogen and oxygen atoms in total. The molecular weight excluding hydrogens is 276 g/mol. The van der Waals surface area contributed by atoms with Gasteiger partial charge in [-0.1, -0.05) is 18.2 Å². The molecule has 21 heavy (non-hydrogen) atoms. The zero-order chi connectivity index (χ0) is 15.2. The predicted molar refractivity (Wildman–Crippen MR) is 74.1 cm³/mol. The van der Waals surface area contributed by atoms with Crippen molar-refractivity contribution in [2.45, 2.75) is 25.0 Å². The first kappa shape index (κ1) is 15.1. The molecular formula is C14H18N2O5.